The fourth-order valence-electron chi connectivity index (χ4n) is 6.92. The Hall–Kier alpha value is -3.16. The number of fused-ring (bicyclic) bond motifs is 3. The molecule has 6 nitrogen and oxygen atoms in total. The van der Waals surface area contributed by atoms with E-state index < -0.39 is 5.92 Å². The van der Waals surface area contributed by atoms with Crippen LogP contribution in [0.3, 0.4) is 0 Å². The van der Waals surface area contributed by atoms with Crippen molar-refractivity contribution < 1.29 is 18.7 Å². The summed E-state index contributed by atoms with van der Waals surface area (Å²) in [4.78, 5) is 26.9. The van der Waals surface area contributed by atoms with Crippen LogP contribution in [0.1, 0.15) is 65.8 Å². The Morgan fingerprint density at radius 1 is 1.12 bits per heavy atom. The quantitative estimate of drug-likeness (QED) is 0.184. The maximum atomic E-state index is 14.1. The third-order valence-electron chi connectivity index (χ3n) is 8.68. The summed E-state index contributed by atoms with van der Waals surface area (Å²) in [5.41, 5.74) is 3.64. The summed E-state index contributed by atoms with van der Waals surface area (Å²) in [6.07, 6.45) is 8.98. The zero-order chi connectivity index (χ0) is 28.7. The van der Waals surface area contributed by atoms with E-state index >= 15 is 0 Å². The topological polar surface area (TPSA) is 73.2 Å². The largest absolute Gasteiger partial charge is 0.466 e. The molecule has 1 aromatic heterocycles. The van der Waals surface area contributed by atoms with Gasteiger partial charge < -0.3 is 10.1 Å². The molecule has 0 spiro atoms. The third-order valence-corrected chi connectivity index (χ3v) is 9.22. The highest BCUT2D eigenvalue weighted by Gasteiger charge is 2.50. The van der Waals surface area contributed by atoms with Gasteiger partial charge in [-0.1, -0.05) is 53.9 Å². The number of halogens is 3. The second-order valence-electron chi connectivity index (χ2n) is 11.2. The molecule has 3 aromatic rings. The Kier molecular flexibility index (Phi) is 7.92. The Bertz CT molecular complexity index is 1520. The van der Waals surface area contributed by atoms with E-state index in [1.54, 1.807) is 41.9 Å². The third kappa shape index (κ3) is 5.42. The van der Waals surface area contributed by atoms with E-state index in [0.717, 1.165) is 42.5 Å². The van der Waals surface area contributed by atoms with Gasteiger partial charge in [0.25, 0.3) is 5.91 Å². The van der Waals surface area contributed by atoms with E-state index in [2.05, 4.69) is 17.5 Å². The van der Waals surface area contributed by atoms with E-state index in [4.69, 9.17) is 33.0 Å². The summed E-state index contributed by atoms with van der Waals surface area (Å²) < 4.78 is 21.2. The summed E-state index contributed by atoms with van der Waals surface area (Å²) in [7, 11) is 0. The number of hydrogen-bond donors (Lipinski definition) is 1. The Labute approximate surface area is 248 Å². The average Bonchev–Trinajstić information content (AvgIpc) is 3.60. The standard InChI is InChI=1S/C32H32Cl2FN3O3/c1-2-41-32(40)27-19-10-11-20(16-19)28(27)36-31(39)29-24-9-4-3-7-21(14-18-6-5-8-23(35)15-18)30(24)38(37-29)26-13-12-22(33)17-25(26)34/h5-6,8,10-13,15,17,19-21,27-28H,2-4,7,9,14,16H2,1H3,(H,36,39)/t19?,20?,21?,27?,28-/m1/s1. The molecular weight excluding hydrogens is 564 g/mol. The predicted octanol–water partition coefficient (Wildman–Crippen LogP) is 6.85. The molecule has 6 rings (SSSR count). The van der Waals surface area contributed by atoms with Crippen LogP contribution in [-0.4, -0.2) is 34.3 Å². The minimum atomic E-state index is -0.416. The predicted molar refractivity (Wildman–Crippen MR) is 156 cm³/mol. The first-order valence-corrected chi connectivity index (χ1v) is 15.1. The zero-order valence-electron chi connectivity index (χ0n) is 22.8. The van der Waals surface area contributed by atoms with Gasteiger partial charge >= 0.3 is 5.97 Å². The molecule has 214 valence electrons. The van der Waals surface area contributed by atoms with E-state index in [0.29, 0.717) is 40.9 Å². The monoisotopic (exact) mass is 595 g/mol. The Morgan fingerprint density at radius 2 is 1.95 bits per heavy atom. The summed E-state index contributed by atoms with van der Waals surface area (Å²) in [6, 6.07) is 11.5. The molecule has 1 amide bonds. The molecule has 1 N–H and O–H groups in total. The van der Waals surface area contributed by atoms with E-state index in [1.807, 2.05) is 6.07 Å². The second-order valence-corrected chi connectivity index (χ2v) is 12.1. The molecule has 41 heavy (non-hydrogen) atoms. The van der Waals surface area contributed by atoms with Gasteiger partial charge in [0.05, 0.1) is 28.9 Å². The van der Waals surface area contributed by atoms with Gasteiger partial charge in [-0.15, -0.1) is 0 Å². The smallest absolute Gasteiger partial charge is 0.311 e. The number of benzene rings is 2. The number of amides is 1. The number of rotatable bonds is 7. The Balaban J connectivity index is 1.41. The first kappa shape index (κ1) is 28.0. The minimum Gasteiger partial charge on any atom is -0.466 e. The van der Waals surface area contributed by atoms with Crippen molar-refractivity contribution in [2.24, 2.45) is 17.8 Å². The number of allylic oxidation sites excluding steroid dienone is 1. The van der Waals surface area contributed by atoms with Crippen LogP contribution in [0.15, 0.2) is 54.6 Å². The van der Waals surface area contributed by atoms with Gasteiger partial charge in [0.2, 0.25) is 0 Å². The van der Waals surface area contributed by atoms with Gasteiger partial charge in [-0.05, 0) is 86.8 Å². The van der Waals surface area contributed by atoms with Crippen LogP contribution in [0.4, 0.5) is 4.39 Å². The zero-order valence-corrected chi connectivity index (χ0v) is 24.3. The highest BCUT2D eigenvalue weighted by molar-refractivity contribution is 6.35. The van der Waals surface area contributed by atoms with Crippen LogP contribution < -0.4 is 5.32 Å². The van der Waals surface area contributed by atoms with Crippen molar-refractivity contribution in [1.82, 2.24) is 15.1 Å². The molecule has 3 aliphatic rings. The maximum Gasteiger partial charge on any atom is 0.311 e. The van der Waals surface area contributed by atoms with Crippen LogP contribution in [0.2, 0.25) is 10.0 Å². The number of ether oxygens (including phenoxy) is 1. The number of carbonyl (C=O) groups is 2. The highest BCUT2D eigenvalue weighted by atomic mass is 35.5. The van der Waals surface area contributed by atoms with Crippen molar-refractivity contribution in [3.63, 3.8) is 0 Å². The molecule has 4 unspecified atom stereocenters. The summed E-state index contributed by atoms with van der Waals surface area (Å²) in [6.45, 7) is 2.09. The van der Waals surface area contributed by atoms with Gasteiger partial charge in [0.1, 0.15) is 5.82 Å². The number of nitrogens with zero attached hydrogens (tertiary/aromatic N) is 2. The van der Waals surface area contributed by atoms with E-state index in [9.17, 15) is 14.0 Å². The lowest BCUT2D eigenvalue weighted by Crippen LogP contribution is -2.46. The molecule has 2 aromatic carbocycles. The maximum absolute atomic E-state index is 14.1. The summed E-state index contributed by atoms with van der Waals surface area (Å²) in [5.74, 6) is -1.15. The van der Waals surface area contributed by atoms with Crippen LogP contribution in [0.25, 0.3) is 5.69 Å². The van der Waals surface area contributed by atoms with Gasteiger partial charge in [-0.25, -0.2) is 9.07 Å². The SMILES string of the molecule is CCOC(=O)C1C2C=CC(C2)[C@H]1NC(=O)c1nn(-c2ccc(Cl)cc2Cl)c2c1CCCCC2Cc1cccc(F)c1. The molecule has 2 bridgehead atoms. The minimum absolute atomic E-state index is 0.00667. The number of nitrogens with one attached hydrogen (secondary N) is 1. The molecular formula is C32H32Cl2FN3O3. The lowest BCUT2D eigenvalue weighted by molar-refractivity contribution is -0.149. The van der Waals surface area contributed by atoms with E-state index in [1.165, 1.54) is 6.07 Å². The first-order chi connectivity index (χ1) is 19.8. The van der Waals surface area contributed by atoms with Crippen LogP contribution in [-0.2, 0) is 22.4 Å². The second kappa shape index (κ2) is 11.6. The summed E-state index contributed by atoms with van der Waals surface area (Å²) in [5, 5.41) is 8.98. The number of carbonyl (C=O) groups excluding carboxylic acids is 2. The van der Waals surface area contributed by atoms with Gasteiger partial charge in [-0.3, -0.25) is 9.59 Å². The average molecular weight is 597 g/mol. The highest BCUT2D eigenvalue weighted by Crippen LogP contribution is 2.45. The molecule has 1 heterocycles. The molecule has 1 fully saturated rings. The van der Waals surface area contributed by atoms with Crippen molar-refractivity contribution in [3.05, 3.63) is 93.0 Å². The number of esters is 1. The molecule has 9 heteroatoms. The number of aromatic nitrogens is 2. The van der Waals surface area contributed by atoms with Crippen LogP contribution in [0.5, 0.6) is 0 Å². The normalized spacial score (nSPS) is 24.6. The fourth-order valence-corrected chi connectivity index (χ4v) is 7.41. The van der Waals surface area contributed by atoms with Crippen molar-refractivity contribution in [3.8, 4) is 5.69 Å². The fraction of sp³-hybridized carbons (Fsp3) is 0.406. The van der Waals surface area contributed by atoms with Gasteiger partial charge in [-0.2, -0.15) is 5.10 Å². The lowest BCUT2D eigenvalue weighted by Gasteiger charge is -2.27. The van der Waals surface area contributed by atoms with Crippen molar-refractivity contribution in [2.45, 2.75) is 57.4 Å². The van der Waals surface area contributed by atoms with Crippen LogP contribution in [0, 0.1) is 23.6 Å². The van der Waals surface area contributed by atoms with Gasteiger partial charge in [0, 0.05) is 22.5 Å². The van der Waals surface area contributed by atoms with Crippen LogP contribution >= 0.6 is 23.2 Å². The molecule has 0 radical (unpaired) electrons. The molecule has 5 atom stereocenters. The first-order valence-electron chi connectivity index (χ1n) is 14.3. The summed E-state index contributed by atoms with van der Waals surface area (Å²) >= 11 is 12.9. The molecule has 1 saturated carbocycles. The molecule has 0 saturated heterocycles. The van der Waals surface area contributed by atoms with Crippen molar-refractivity contribution in [2.75, 3.05) is 6.61 Å². The van der Waals surface area contributed by atoms with Gasteiger partial charge in [0.15, 0.2) is 5.69 Å². The number of hydrogen-bond acceptors (Lipinski definition) is 4. The molecule has 3 aliphatic carbocycles. The Morgan fingerprint density at radius 3 is 2.73 bits per heavy atom. The lowest BCUT2D eigenvalue weighted by atomic mass is 9.88. The van der Waals surface area contributed by atoms with E-state index in [-0.39, 0.29) is 41.5 Å². The van der Waals surface area contributed by atoms with Crippen molar-refractivity contribution in [1.29, 1.82) is 0 Å². The van der Waals surface area contributed by atoms with Crippen molar-refractivity contribution >= 4 is 35.1 Å². The molecule has 0 aliphatic heterocycles.